The van der Waals surface area contributed by atoms with E-state index in [0.29, 0.717) is 0 Å². The molecule has 0 heterocycles. The molecule has 0 aromatic heterocycles. The van der Waals surface area contributed by atoms with Crippen molar-refractivity contribution in [3.05, 3.63) is 11.6 Å². The van der Waals surface area contributed by atoms with Gasteiger partial charge in [-0.2, -0.15) is 4.31 Å². The Morgan fingerprint density at radius 2 is 1.88 bits per heavy atom. The molecule has 1 aliphatic rings. The number of rotatable bonds is 6. The van der Waals surface area contributed by atoms with Crippen molar-refractivity contribution in [1.29, 1.82) is 0 Å². The predicted molar refractivity (Wildman–Crippen MR) is 60.0 cm³/mol. The lowest BCUT2D eigenvalue weighted by atomic mass is 10.0. The maximum absolute atomic E-state index is 11.1. The zero-order valence-corrected chi connectivity index (χ0v) is 11.4. The molecule has 0 saturated heterocycles. The first-order valence-corrected chi connectivity index (χ1v) is 7.98. The summed E-state index contributed by atoms with van der Waals surface area (Å²) in [6.07, 6.45) is 3.73. The normalized spacial score (nSPS) is 23.2. The van der Waals surface area contributed by atoms with Crippen molar-refractivity contribution in [2.45, 2.75) is 26.7 Å². The van der Waals surface area contributed by atoms with Crippen molar-refractivity contribution in [3.63, 3.8) is 0 Å². The summed E-state index contributed by atoms with van der Waals surface area (Å²) in [5.41, 5.74) is 1.15. The van der Waals surface area contributed by atoms with E-state index in [4.69, 9.17) is 14.7 Å². The average Bonchev–Trinajstić information content (AvgIpc) is 2.79. The zero-order chi connectivity index (χ0) is 13.3. The first-order chi connectivity index (χ1) is 7.54. The third-order valence-corrected chi connectivity index (χ3v) is 4.94. The van der Waals surface area contributed by atoms with Crippen LogP contribution in [-0.4, -0.2) is 21.3 Å². The minimum atomic E-state index is -5.03. The minimum Gasteiger partial charge on any atom is -0.302 e. The second-order valence-electron chi connectivity index (χ2n) is 4.28. The van der Waals surface area contributed by atoms with Gasteiger partial charge in [-0.15, -0.1) is 0 Å². The summed E-state index contributed by atoms with van der Waals surface area (Å²) in [6, 6.07) is 0. The van der Waals surface area contributed by atoms with Crippen LogP contribution in [-0.2, 0) is 18.0 Å². The van der Waals surface area contributed by atoms with Crippen LogP contribution in [0.15, 0.2) is 11.6 Å². The van der Waals surface area contributed by atoms with Gasteiger partial charge in [0.05, 0.1) is 6.61 Å². The van der Waals surface area contributed by atoms with Gasteiger partial charge in [-0.1, -0.05) is 18.6 Å². The third-order valence-electron chi connectivity index (χ3n) is 2.79. The molecule has 1 aliphatic carbocycles. The maximum atomic E-state index is 11.1. The molecule has 0 amide bonds. The molecular formula is C8H16O7P2. The fraction of sp³-hybridized carbons (Fsp3) is 0.750. The van der Waals surface area contributed by atoms with Gasteiger partial charge in [0.25, 0.3) is 0 Å². The summed E-state index contributed by atoms with van der Waals surface area (Å²) in [4.78, 5) is 25.7. The van der Waals surface area contributed by atoms with Crippen LogP contribution >= 0.6 is 15.6 Å². The van der Waals surface area contributed by atoms with Crippen molar-refractivity contribution in [1.82, 2.24) is 0 Å². The van der Waals surface area contributed by atoms with E-state index >= 15 is 0 Å². The highest BCUT2D eigenvalue weighted by atomic mass is 31.3. The highest BCUT2D eigenvalue weighted by Gasteiger charge is 2.38. The molecule has 1 fully saturated rings. The van der Waals surface area contributed by atoms with E-state index in [9.17, 15) is 9.13 Å². The smallest absolute Gasteiger partial charge is 0.302 e. The van der Waals surface area contributed by atoms with E-state index in [1.54, 1.807) is 6.08 Å². The molecule has 0 aromatic carbocycles. The number of phosphoric acid groups is 2. The molecule has 0 bridgehead atoms. The van der Waals surface area contributed by atoms with Gasteiger partial charge >= 0.3 is 15.6 Å². The van der Waals surface area contributed by atoms with E-state index in [1.807, 2.05) is 6.92 Å². The Hall–Kier alpha value is -0.0000000000000000416. The number of allylic oxidation sites excluding steroid dienone is 1. The predicted octanol–water partition coefficient (Wildman–Crippen LogP) is 1.96. The summed E-state index contributed by atoms with van der Waals surface area (Å²) < 4.78 is 29.5. The molecule has 1 rings (SSSR count). The van der Waals surface area contributed by atoms with E-state index in [1.165, 1.54) is 0 Å². The van der Waals surface area contributed by atoms with Crippen molar-refractivity contribution in [2.24, 2.45) is 5.41 Å². The second-order valence-corrected chi connectivity index (χ2v) is 7.11. The van der Waals surface area contributed by atoms with Crippen LogP contribution in [0.2, 0.25) is 0 Å². The third kappa shape index (κ3) is 5.44. The maximum Gasteiger partial charge on any atom is 0.481 e. The Morgan fingerprint density at radius 1 is 1.35 bits per heavy atom. The van der Waals surface area contributed by atoms with Gasteiger partial charge in [-0.05, 0) is 25.2 Å². The molecule has 3 N–H and O–H groups in total. The molecule has 7 nitrogen and oxygen atoms in total. The van der Waals surface area contributed by atoms with Gasteiger partial charge in [-0.25, -0.2) is 9.13 Å². The molecule has 1 atom stereocenters. The first-order valence-electron chi connectivity index (χ1n) is 4.96. The second kappa shape index (κ2) is 4.94. The van der Waals surface area contributed by atoms with E-state index in [2.05, 4.69) is 15.8 Å². The molecule has 9 heteroatoms. The molecular weight excluding hydrogens is 270 g/mol. The minimum absolute atomic E-state index is 0.132. The highest BCUT2D eigenvalue weighted by molar-refractivity contribution is 7.60. The van der Waals surface area contributed by atoms with Crippen LogP contribution in [0.5, 0.6) is 0 Å². The molecule has 17 heavy (non-hydrogen) atoms. The number of hydrogen-bond donors (Lipinski definition) is 3. The van der Waals surface area contributed by atoms with E-state index in [-0.39, 0.29) is 12.0 Å². The summed E-state index contributed by atoms with van der Waals surface area (Å²) in [5, 5.41) is 0. The standard InChI is InChI=1S/C8H16O7P2/c1-7(8(2)4-5-8)3-6-14-17(12,13)15-16(9,10)11/h3H,4-6H2,1-2H3,(H,12,13)(H2,9,10,11). The van der Waals surface area contributed by atoms with Crippen molar-refractivity contribution >= 4 is 15.6 Å². The largest absolute Gasteiger partial charge is 0.481 e. The lowest BCUT2D eigenvalue weighted by molar-refractivity contribution is 0.190. The van der Waals surface area contributed by atoms with Gasteiger partial charge in [0.1, 0.15) is 0 Å². The Labute approximate surface area is 99.3 Å². The van der Waals surface area contributed by atoms with Crippen LogP contribution in [0.4, 0.5) is 0 Å². The van der Waals surface area contributed by atoms with E-state index in [0.717, 1.165) is 18.4 Å². The van der Waals surface area contributed by atoms with Gasteiger partial charge in [0.15, 0.2) is 0 Å². The molecule has 0 spiro atoms. The Balaban J connectivity index is 2.45. The van der Waals surface area contributed by atoms with Gasteiger partial charge < -0.3 is 14.7 Å². The number of phosphoric ester groups is 1. The fourth-order valence-electron chi connectivity index (χ4n) is 1.24. The van der Waals surface area contributed by atoms with Crippen LogP contribution in [0.3, 0.4) is 0 Å². The Bertz CT molecular complexity index is 406. The van der Waals surface area contributed by atoms with Crippen molar-refractivity contribution < 1.29 is 32.6 Å². The Kier molecular flexibility index (Phi) is 4.37. The van der Waals surface area contributed by atoms with Crippen LogP contribution in [0.25, 0.3) is 0 Å². The lowest BCUT2D eigenvalue weighted by Crippen LogP contribution is -1.98. The van der Waals surface area contributed by atoms with Gasteiger partial charge in [0.2, 0.25) is 0 Å². The average molecular weight is 286 g/mol. The van der Waals surface area contributed by atoms with E-state index < -0.39 is 15.6 Å². The van der Waals surface area contributed by atoms with Crippen LogP contribution in [0, 0.1) is 5.41 Å². The molecule has 1 unspecified atom stereocenters. The Morgan fingerprint density at radius 3 is 2.29 bits per heavy atom. The lowest BCUT2D eigenvalue weighted by Gasteiger charge is -2.12. The molecule has 1 saturated carbocycles. The summed E-state index contributed by atoms with van der Waals surface area (Å²) >= 11 is 0. The highest BCUT2D eigenvalue weighted by Crippen LogP contribution is 2.57. The summed E-state index contributed by atoms with van der Waals surface area (Å²) in [6.45, 7) is 3.71. The van der Waals surface area contributed by atoms with Crippen LogP contribution < -0.4 is 0 Å². The quantitative estimate of drug-likeness (QED) is 0.505. The molecule has 0 aromatic rings. The van der Waals surface area contributed by atoms with Crippen molar-refractivity contribution in [2.75, 3.05) is 6.61 Å². The molecule has 100 valence electrons. The SMILES string of the molecule is CC(=CCOP(=O)(O)OP(=O)(O)O)C1(C)CC1. The van der Waals surface area contributed by atoms with Gasteiger partial charge in [0, 0.05) is 0 Å². The molecule has 0 aliphatic heterocycles. The van der Waals surface area contributed by atoms with Gasteiger partial charge in [-0.3, -0.25) is 4.52 Å². The van der Waals surface area contributed by atoms with Crippen molar-refractivity contribution in [3.8, 4) is 0 Å². The fourth-order valence-corrected chi connectivity index (χ4v) is 2.77. The topological polar surface area (TPSA) is 113 Å². The zero-order valence-electron chi connectivity index (χ0n) is 9.57. The summed E-state index contributed by atoms with van der Waals surface area (Å²) in [5.74, 6) is 0. The number of hydrogen-bond acceptors (Lipinski definition) is 4. The molecule has 0 radical (unpaired) electrons. The van der Waals surface area contributed by atoms with Crippen LogP contribution in [0.1, 0.15) is 26.7 Å². The summed E-state index contributed by atoms with van der Waals surface area (Å²) in [7, 11) is -9.74. The monoisotopic (exact) mass is 286 g/mol. The first kappa shape index (κ1) is 15.1.